The molecule has 0 fully saturated rings. The number of hydrogen-bond donors (Lipinski definition) is 2. The highest BCUT2D eigenvalue weighted by Gasteiger charge is 2.43. The number of pyridine rings is 1. The molecule has 0 saturated carbocycles. The summed E-state index contributed by atoms with van der Waals surface area (Å²) in [5, 5.41) is 21.0. The Balaban J connectivity index is 1.78. The van der Waals surface area contributed by atoms with E-state index in [1.54, 1.807) is 54.9 Å². The molecule has 30 heavy (non-hydrogen) atoms. The molecule has 0 unspecified atom stereocenters. The number of aromatic nitrogens is 1. The normalized spacial score (nSPS) is 20.5. The van der Waals surface area contributed by atoms with Crippen LogP contribution < -0.4 is 4.74 Å². The Labute approximate surface area is 175 Å². The fourth-order valence-electron chi connectivity index (χ4n) is 3.80. The molecule has 156 valence electrons. The van der Waals surface area contributed by atoms with Gasteiger partial charge in [0.05, 0.1) is 24.2 Å². The molecule has 4 rings (SSSR count). The minimum Gasteiger partial charge on any atom is -0.504 e. The Morgan fingerprint density at radius 3 is 2.53 bits per heavy atom. The monoisotopic (exact) mass is 426 g/mol. The molecule has 0 amide bonds. The molecule has 2 atom stereocenters. The molecule has 1 aliphatic heterocycles. The molecular weight excluding hydrogens is 404 g/mol. The first kappa shape index (κ1) is 20.3. The third kappa shape index (κ3) is 3.65. The van der Waals surface area contributed by atoms with Crippen LogP contribution in [-0.2, 0) is 23.0 Å². The van der Waals surface area contributed by atoms with Crippen molar-refractivity contribution >= 4 is 10.0 Å². The maximum atomic E-state index is 13.5. The van der Waals surface area contributed by atoms with E-state index < -0.39 is 22.2 Å². The number of aromatic hydroxyl groups is 1. The number of aliphatic hydroxyl groups is 1. The molecule has 2 heterocycles. The number of nitrogens with zero attached hydrogens (tertiary/aromatic N) is 2. The summed E-state index contributed by atoms with van der Waals surface area (Å²) in [6.07, 6.45) is 2.45. The van der Waals surface area contributed by atoms with Gasteiger partial charge in [-0.1, -0.05) is 24.3 Å². The zero-order valence-electron chi connectivity index (χ0n) is 16.3. The number of hydrogen-bond acceptors (Lipinski definition) is 6. The zero-order chi connectivity index (χ0) is 21.3. The number of phenolic OH excluding ortho intramolecular Hbond substituents is 1. The lowest BCUT2D eigenvalue weighted by atomic mass is 9.95. The zero-order valence-corrected chi connectivity index (χ0v) is 17.2. The van der Waals surface area contributed by atoms with Gasteiger partial charge in [-0.2, -0.15) is 4.31 Å². The molecule has 0 bridgehead atoms. The lowest BCUT2D eigenvalue weighted by Gasteiger charge is -2.39. The Bertz CT molecular complexity index is 1150. The van der Waals surface area contributed by atoms with Gasteiger partial charge in [-0.05, 0) is 47.9 Å². The number of phenols is 1. The molecule has 1 aliphatic rings. The first-order chi connectivity index (χ1) is 14.4. The second-order valence-electron chi connectivity index (χ2n) is 7.17. The Morgan fingerprint density at radius 1 is 1.07 bits per heavy atom. The van der Waals surface area contributed by atoms with Crippen molar-refractivity contribution in [3.63, 3.8) is 0 Å². The molecule has 0 saturated heterocycles. The van der Waals surface area contributed by atoms with Crippen molar-refractivity contribution in [3.8, 4) is 11.5 Å². The topological polar surface area (TPSA) is 100.0 Å². The molecule has 3 aromatic rings. The fraction of sp³-hybridized carbons (Fsp3) is 0.227. The predicted molar refractivity (Wildman–Crippen MR) is 111 cm³/mol. The predicted octanol–water partition coefficient (Wildman–Crippen LogP) is 2.65. The van der Waals surface area contributed by atoms with Crippen LogP contribution in [0.5, 0.6) is 11.5 Å². The fourth-order valence-corrected chi connectivity index (χ4v) is 5.66. The summed E-state index contributed by atoms with van der Waals surface area (Å²) in [6.45, 7) is 0.107. The van der Waals surface area contributed by atoms with Crippen LogP contribution in [-0.4, -0.2) is 41.1 Å². The van der Waals surface area contributed by atoms with Crippen LogP contribution in [0.2, 0.25) is 0 Å². The maximum Gasteiger partial charge on any atom is 0.244 e. The highest BCUT2D eigenvalue weighted by molar-refractivity contribution is 7.89. The average Bonchev–Trinajstić information content (AvgIpc) is 2.76. The number of fused-ring (bicyclic) bond motifs is 1. The minimum absolute atomic E-state index is 0.00273. The summed E-state index contributed by atoms with van der Waals surface area (Å²) in [6, 6.07) is 14.2. The second kappa shape index (κ2) is 8.06. The smallest absolute Gasteiger partial charge is 0.244 e. The van der Waals surface area contributed by atoms with Gasteiger partial charge in [0.1, 0.15) is 0 Å². The number of ether oxygens (including phenoxy) is 1. The largest absolute Gasteiger partial charge is 0.504 e. The summed E-state index contributed by atoms with van der Waals surface area (Å²) in [5.74, 6) is 0.291. The first-order valence-corrected chi connectivity index (χ1v) is 10.9. The second-order valence-corrected chi connectivity index (χ2v) is 9.03. The van der Waals surface area contributed by atoms with Crippen LogP contribution in [0, 0.1) is 0 Å². The highest BCUT2D eigenvalue weighted by Crippen LogP contribution is 2.39. The molecule has 7 nitrogen and oxygen atoms in total. The van der Waals surface area contributed by atoms with Gasteiger partial charge >= 0.3 is 0 Å². The van der Waals surface area contributed by atoms with E-state index in [1.807, 2.05) is 0 Å². The Morgan fingerprint density at radius 2 is 1.80 bits per heavy atom. The van der Waals surface area contributed by atoms with E-state index >= 15 is 0 Å². The van der Waals surface area contributed by atoms with Crippen molar-refractivity contribution in [2.45, 2.75) is 30.0 Å². The van der Waals surface area contributed by atoms with Crippen molar-refractivity contribution in [3.05, 3.63) is 83.7 Å². The molecule has 2 aromatic carbocycles. The van der Waals surface area contributed by atoms with Crippen LogP contribution in [0.1, 0.15) is 22.8 Å². The highest BCUT2D eigenvalue weighted by atomic mass is 32.2. The Kier molecular flexibility index (Phi) is 5.46. The summed E-state index contributed by atoms with van der Waals surface area (Å²) < 4.78 is 33.4. The maximum absolute atomic E-state index is 13.5. The van der Waals surface area contributed by atoms with E-state index in [2.05, 4.69) is 4.98 Å². The summed E-state index contributed by atoms with van der Waals surface area (Å²) in [5.41, 5.74) is 1.90. The van der Waals surface area contributed by atoms with Crippen molar-refractivity contribution in [1.82, 2.24) is 9.29 Å². The summed E-state index contributed by atoms with van der Waals surface area (Å²) in [4.78, 5) is 4.10. The van der Waals surface area contributed by atoms with Crippen molar-refractivity contribution in [2.75, 3.05) is 7.11 Å². The van der Waals surface area contributed by atoms with Crippen LogP contribution in [0.3, 0.4) is 0 Å². The quantitative estimate of drug-likeness (QED) is 0.651. The molecular formula is C22H22N2O5S. The summed E-state index contributed by atoms with van der Waals surface area (Å²) in [7, 11) is -2.39. The van der Waals surface area contributed by atoms with Gasteiger partial charge in [0.15, 0.2) is 11.5 Å². The first-order valence-electron chi connectivity index (χ1n) is 9.45. The number of rotatable bonds is 5. The third-order valence-corrected chi connectivity index (χ3v) is 7.28. The molecule has 1 aromatic heterocycles. The molecule has 2 N–H and O–H groups in total. The van der Waals surface area contributed by atoms with E-state index in [0.29, 0.717) is 11.3 Å². The molecule has 8 heteroatoms. The van der Waals surface area contributed by atoms with Gasteiger partial charge in [-0.15, -0.1) is 0 Å². The number of aliphatic hydroxyl groups excluding tert-OH is 1. The number of sulfonamides is 1. The SMILES string of the molecule is COc1cc(C[C@H]2[C@H](O)c3ccccc3S(=O)(=O)N2Cc2ccncc2)ccc1O. The van der Waals surface area contributed by atoms with E-state index in [0.717, 1.165) is 11.1 Å². The van der Waals surface area contributed by atoms with Gasteiger partial charge in [0.25, 0.3) is 0 Å². The molecule has 0 aliphatic carbocycles. The lowest BCUT2D eigenvalue weighted by Crippen LogP contribution is -2.48. The summed E-state index contributed by atoms with van der Waals surface area (Å²) >= 11 is 0. The molecule has 0 radical (unpaired) electrons. The van der Waals surface area contributed by atoms with Crippen LogP contribution in [0.4, 0.5) is 0 Å². The van der Waals surface area contributed by atoms with Gasteiger partial charge in [0, 0.05) is 24.5 Å². The van der Waals surface area contributed by atoms with Gasteiger partial charge in [-0.25, -0.2) is 8.42 Å². The van der Waals surface area contributed by atoms with Crippen LogP contribution in [0.25, 0.3) is 0 Å². The van der Waals surface area contributed by atoms with Crippen LogP contribution >= 0.6 is 0 Å². The van der Waals surface area contributed by atoms with E-state index in [9.17, 15) is 18.6 Å². The van der Waals surface area contributed by atoms with Gasteiger partial charge in [-0.3, -0.25) is 4.98 Å². The van der Waals surface area contributed by atoms with Gasteiger partial charge < -0.3 is 14.9 Å². The van der Waals surface area contributed by atoms with Gasteiger partial charge in [0.2, 0.25) is 10.0 Å². The lowest BCUT2D eigenvalue weighted by molar-refractivity contribution is 0.0769. The average molecular weight is 426 g/mol. The van der Waals surface area contributed by atoms with E-state index in [-0.39, 0.29) is 23.6 Å². The number of benzene rings is 2. The van der Waals surface area contributed by atoms with Crippen molar-refractivity contribution < 1.29 is 23.4 Å². The van der Waals surface area contributed by atoms with E-state index in [1.165, 1.54) is 23.5 Å². The Hall–Kier alpha value is -2.94. The van der Waals surface area contributed by atoms with E-state index in [4.69, 9.17) is 4.74 Å². The number of methoxy groups -OCH3 is 1. The van der Waals surface area contributed by atoms with Crippen molar-refractivity contribution in [1.29, 1.82) is 0 Å². The standard InChI is InChI=1S/C22H22N2O5S/c1-29-20-13-16(6-7-19(20)25)12-18-22(26)17-4-2-3-5-21(17)30(27,28)24(18)14-15-8-10-23-11-9-15/h2-11,13,18,22,25-26H,12,14H2,1H3/t18-,22+/m0/s1. The third-order valence-electron chi connectivity index (χ3n) is 5.34. The van der Waals surface area contributed by atoms with Crippen molar-refractivity contribution in [2.24, 2.45) is 0 Å². The minimum atomic E-state index is -3.83. The molecule has 0 spiro atoms. The van der Waals surface area contributed by atoms with Crippen LogP contribution in [0.15, 0.2) is 71.9 Å².